The summed E-state index contributed by atoms with van der Waals surface area (Å²) in [5, 5.41) is 9.99. The van der Waals surface area contributed by atoms with Crippen LogP contribution in [0.4, 0.5) is 0 Å². The number of aromatic hydroxyl groups is 1. The molecule has 0 bridgehead atoms. The number of rotatable bonds is 6. The van der Waals surface area contributed by atoms with Crippen LogP contribution in [-0.4, -0.2) is 23.9 Å². The molecule has 0 saturated heterocycles. The van der Waals surface area contributed by atoms with Gasteiger partial charge in [0.25, 0.3) is 0 Å². The minimum atomic E-state index is -0.474. The smallest absolute Gasteiger partial charge is 0.341 e. The molecule has 0 heterocycles. The van der Waals surface area contributed by atoms with Crippen molar-refractivity contribution in [2.24, 2.45) is 0 Å². The molecule has 2 aromatic carbocycles. The Kier molecular flexibility index (Phi) is 5.49. The first-order valence-corrected chi connectivity index (χ1v) is 7.56. The SMILES string of the molecule is C=CCSc1ccc(Oc2ccccc2C(=O)OC)cc1O. The molecule has 2 rings (SSSR count). The Morgan fingerprint density at radius 2 is 2.09 bits per heavy atom. The fourth-order valence-corrected chi connectivity index (χ4v) is 2.46. The quantitative estimate of drug-likeness (QED) is 0.490. The van der Waals surface area contributed by atoms with Gasteiger partial charge in [-0.15, -0.1) is 18.3 Å². The van der Waals surface area contributed by atoms with Crippen molar-refractivity contribution in [3.63, 3.8) is 0 Å². The number of phenols is 1. The maximum absolute atomic E-state index is 11.7. The summed E-state index contributed by atoms with van der Waals surface area (Å²) in [4.78, 5) is 12.4. The summed E-state index contributed by atoms with van der Waals surface area (Å²) in [7, 11) is 1.32. The van der Waals surface area contributed by atoms with E-state index < -0.39 is 5.97 Å². The third kappa shape index (κ3) is 3.83. The zero-order chi connectivity index (χ0) is 15.9. The Labute approximate surface area is 133 Å². The number of hydrogen-bond donors (Lipinski definition) is 1. The fraction of sp³-hybridized carbons (Fsp3) is 0.118. The van der Waals surface area contributed by atoms with Crippen molar-refractivity contribution >= 4 is 17.7 Å². The van der Waals surface area contributed by atoms with E-state index >= 15 is 0 Å². The highest BCUT2D eigenvalue weighted by Crippen LogP contribution is 2.34. The second-order valence-corrected chi connectivity index (χ2v) is 5.38. The van der Waals surface area contributed by atoms with Crippen LogP contribution in [0.25, 0.3) is 0 Å². The van der Waals surface area contributed by atoms with Crippen LogP contribution in [0, 0.1) is 0 Å². The number of thioether (sulfide) groups is 1. The van der Waals surface area contributed by atoms with Crippen molar-refractivity contribution in [3.8, 4) is 17.2 Å². The zero-order valence-corrected chi connectivity index (χ0v) is 12.9. The average Bonchev–Trinajstić information content (AvgIpc) is 2.54. The molecular weight excluding hydrogens is 300 g/mol. The van der Waals surface area contributed by atoms with Gasteiger partial charge in [-0.1, -0.05) is 18.2 Å². The minimum absolute atomic E-state index is 0.125. The largest absolute Gasteiger partial charge is 0.507 e. The van der Waals surface area contributed by atoms with Gasteiger partial charge in [0.2, 0.25) is 0 Å². The molecule has 5 heteroatoms. The number of para-hydroxylation sites is 1. The number of phenolic OH excluding ortho intramolecular Hbond substituents is 1. The maximum atomic E-state index is 11.7. The van der Waals surface area contributed by atoms with E-state index in [4.69, 9.17) is 9.47 Å². The van der Waals surface area contributed by atoms with E-state index in [-0.39, 0.29) is 5.75 Å². The average molecular weight is 316 g/mol. The molecule has 0 saturated carbocycles. The van der Waals surface area contributed by atoms with Crippen LogP contribution in [0.2, 0.25) is 0 Å². The van der Waals surface area contributed by atoms with E-state index in [0.717, 1.165) is 4.90 Å². The Bertz CT molecular complexity index is 682. The van der Waals surface area contributed by atoms with E-state index in [2.05, 4.69) is 6.58 Å². The standard InChI is InChI=1S/C17H16O4S/c1-3-10-22-16-9-8-12(11-14(16)18)21-15-7-5-4-6-13(15)17(19)20-2/h3-9,11,18H,1,10H2,2H3. The molecule has 1 N–H and O–H groups in total. The van der Waals surface area contributed by atoms with Gasteiger partial charge in [0.15, 0.2) is 0 Å². The van der Waals surface area contributed by atoms with Crippen molar-refractivity contribution in [1.82, 2.24) is 0 Å². The molecule has 0 aromatic heterocycles. The lowest BCUT2D eigenvalue weighted by atomic mass is 10.2. The van der Waals surface area contributed by atoms with Crippen LogP contribution in [0.1, 0.15) is 10.4 Å². The van der Waals surface area contributed by atoms with Crippen LogP contribution in [-0.2, 0) is 4.74 Å². The third-order valence-electron chi connectivity index (χ3n) is 2.81. The molecule has 0 aliphatic rings. The van der Waals surface area contributed by atoms with Gasteiger partial charge < -0.3 is 14.6 Å². The van der Waals surface area contributed by atoms with Crippen LogP contribution in [0.5, 0.6) is 17.2 Å². The Morgan fingerprint density at radius 3 is 2.77 bits per heavy atom. The molecule has 0 spiro atoms. The lowest BCUT2D eigenvalue weighted by Gasteiger charge is -2.11. The summed E-state index contributed by atoms with van der Waals surface area (Å²) in [6.45, 7) is 3.64. The highest BCUT2D eigenvalue weighted by atomic mass is 32.2. The van der Waals surface area contributed by atoms with E-state index in [1.165, 1.54) is 24.9 Å². The van der Waals surface area contributed by atoms with Crippen LogP contribution < -0.4 is 4.74 Å². The second kappa shape index (κ2) is 7.56. The summed E-state index contributed by atoms with van der Waals surface area (Å²) in [6.07, 6.45) is 1.77. The van der Waals surface area contributed by atoms with E-state index in [1.807, 2.05) is 0 Å². The highest BCUT2D eigenvalue weighted by Gasteiger charge is 2.13. The maximum Gasteiger partial charge on any atom is 0.341 e. The van der Waals surface area contributed by atoms with Crippen LogP contribution >= 0.6 is 11.8 Å². The molecule has 0 radical (unpaired) electrons. The highest BCUT2D eigenvalue weighted by molar-refractivity contribution is 7.99. The molecule has 0 aliphatic carbocycles. The van der Waals surface area contributed by atoms with Gasteiger partial charge in [-0.2, -0.15) is 0 Å². The monoisotopic (exact) mass is 316 g/mol. The number of carbonyl (C=O) groups is 1. The van der Waals surface area contributed by atoms with Crippen LogP contribution in [0.15, 0.2) is 60.0 Å². The molecule has 0 amide bonds. The van der Waals surface area contributed by atoms with Crippen molar-refractivity contribution in [1.29, 1.82) is 0 Å². The van der Waals surface area contributed by atoms with Gasteiger partial charge in [0.1, 0.15) is 22.8 Å². The van der Waals surface area contributed by atoms with Crippen molar-refractivity contribution in [2.45, 2.75) is 4.90 Å². The molecular formula is C17H16O4S. The van der Waals surface area contributed by atoms with Gasteiger partial charge in [-0.25, -0.2) is 4.79 Å². The Balaban J connectivity index is 2.23. The first-order chi connectivity index (χ1) is 10.7. The van der Waals surface area contributed by atoms with Gasteiger partial charge in [0, 0.05) is 16.7 Å². The molecule has 0 unspecified atom stereocenters. The first kappa shape index (κ1) is 16.0. The van der Waals surface area contributed by atoms with E-state index in [0.29, 0.717) is 22.8 Å². The van der Waals surface area contributed by atoms with Gasteiger partial charge in [-0.05, 0) is 24.3 Å². The Hall–Kier alpha value is -2.40. The van der Waals surface area contributed by atoms with E-state index in [1.54, 1.807) is 42.5 Å². The summed E-state index contributed by atoms with van der Waals surface area (Å²) < 4.78 is 10.4. The van der Waals surface area contributed by atoms with Crippen molar-refractivity contribution in [2.75, 3.05) is 12.9 Å². The molecule has 114 valence electrons. The number of methoxy groups -OCH3 is 1. The summed E-state index contributed by atoms with van der Waals surface area (Å²) in [5.41, 5.74) is 0.328. The summed E-state index contributed by atoms with van der Waals surface area (Å²) in [6, 6.07) is 11.8. The van der Waals surface area contributed by atoms with Gasteiger partial charge in [-0.3, -0.25) is 0 Å². The second-order valence-electron chi connectivity index (χ2n) is 4.32. The number of ether oxygens (including phenoxy) is 2. The molecule has 0 aliphatic heterocycles. The lowest BCUT2D eigenvalue weighted by Crippen LogP contribution is -2.03. The predicted molar refractivity (Wildman–Crippen MR) is 86.9 cm³/mol. The van der Waals surface area contributed by atoms with Crippen LogP contribution in [0.3, 0.4) is 0 Å². The van der Waals surface area contributed by atoms with Gasteiger partial charge >= 0.3 is 5.97 Å². The minimum Gasteiger partial charge on any atom is -0.507 e. The van der Waals surface area contributed by atoms with E-state index in [9.17, 15) is 9.90 Å². The zero-order valence-electron chi connectivity index (χ0n) is 12.1. The molecule has 22 heavy (non-hydrogen) atoms. The fourth-order valence-electron chi connectivity index (χ4n) is 1.79. The molecule has 4 nitrogen and oxygen atoms in total. The summed E-state index contributed by atoms with van der Waals surface area (Å²) in [5.74, 6) is 1.17. The molecule has 0 fully saturated rings. The summed E-state index contributed by atoms with van der Waals surface area (Å²) >= 11 is 1.48. The number of esters is 1. The molecule has 2 aromatic rings. The Morgan fingerprint density at radius 1 is 1.32 bits per heavy atom. The van der Waals surface area contributed by atoms with Gasteiger partial charge in [0.05, 0.1) is 7.11 Å². The number of carbonyl (C=O) groups excluding carboxylic acids is 1. The number of hydrogen-bond acceptors (Lipinski definition) is 5. The molecule has 0 atom stereocenters. The van der Waals surface area contributed by atoms with Crippen molar-refractivity contribution in [3.05, 3.63) is 60.7 Å². The first-order valence-electron chi connectivity index (χ1n) is 6.57. The third-order valence-corrected chi connectivity index (χ3v) is 3.87. The topological polar surface area (TPSA) is 55.8 Å². The van der Waals surface area contributed by atoms with Crippen molar-refractivity contribution < 1.29 is 19.4 Å². The normalized spacial score (nSPS) is 10.0. The number of benzene rings is 2. The predicted octanol–water partition coefficient (Wildman–Crippen LogP) is 4.25. The lowest BCUT2D eigenvalue weighted by molar-refractivity contribution is 0.0598.